The Morgan fingerprint density at radius 1 is 1.67 bits per heavy atom. The lowest BCUT2D eigenvalue weighted by atomic mass is 10.2. The van der Waals surface area contributed by atoms with Gasteiger partial charge in [-0.15, -0.1) is 0 Å². The van der Waals surface area contributed by atoms with Crippen LogP contribution in [0.3, 0.4) is 0 Å². The second-order valence-electron chi connectivity index (χ2n) is 3.43. The van der Waals surface area contributed by atoms with Crippen molar-refractivity contribution in [3.63, 3.8) is 0 Å². The normalized spacial score (nSPS) is 23.0. The third kappa shape index (κ3) is 2.48. The first-order valence-electron chi connectivity index (χ1n) is 4.74. The molecule has 0 bridgehead atoms. The van der Waals surface area contributed by atoms with Gasteiger partial charge in [0.05, 0.1) is 6.54 Å². The van der Waals surface area contributed by atoms with Gasteiger partial charge in [0.15, 0.2) is 0 Å². The van der Waals surface area contributed by atoms with Gasteiger partial charge in [0.2, 0.25) is 5.91 Å². The lowest BCUT2D eigenvalue weighted by Gasteiger charge is -2.24. The Morgan fingerprint density at radius 2 is 2.42 bits per heavy atom. The zero-order valence-electron chi connectivity index (χ0n) is 7.97. The van der Waals surface area contributed by atoms with Crippen LogP contribution in [0, 0.1) is 0 Å². The Balaban J connectivity index is 2.46. The third-order valence-electron chi connectivity index (χ3n) is 2.51. The maximum atomic E-state index is 11.2. The zero-order valence-corrected chi connectivity index (χ0v) is 7.97. The van der Waals surface area contributed by atoms with Crippen LogP contribution in [0.1, 0.15) is 26.7 Å². The Kier molecular flexibility index (Phi) is 3.53. The number of carbonyl (C=O) groups is 1. The van der Waals surface area contributed by atoms with E-state index >= 15 is 0 Å². The van der Waals surface area contributed by atoms with Gasteiger partial charge in [-0.3, -0.25) is 9.69 Å². The molecule has 0 aromatic rings. The van der Waals surface area contributed by atoms with E-state index in [-0.39, 0.29) is 5.91 Å². The highest BCUT2D eigenvalue weighted by Crippen LogP contribution is 2.05. The van der Waals surface area contributed by atoms with Gasteiger partial charge in [0, 0.05) is 19.1 Å². The molecule has 3 heteroatoms. The van der Waals surface area contributed by atoms with Crippen molar-refractivity contribution in [3.05, 3.63) is 0 Å². The fraction of sp³-hybridized carbons (Fsp3) is 0.889. The fourth-order valence-electron chi connectivity index (χ4n) is 1.46. The third-order valence-corrected chi connectivity index (χ3v) is 2.51. The lowest BCUT2D eigenvalue weighted by Crippen LogP contribution is -2.38. The van der Waals surface area contributed by atoms with Crippen molar-refractivity contribution in [2.45, 2.75) is 32.7 Å². The highest BCUT2D eigenvalue weighted by atomic mass is 16.2. The summed E-state index contributed by atoms with van der Waals surface area (Å²) in [6.45, 7) is 6.81. The van der Waals surface area contributed by atoms with Crippen LogP contribution in [0.4, 0.5) is 0 Å². The van der Waals surface area contributed by atoms with Crippen molar-refractivity contribution in [1.29, 1.82) is 0 Å². The number of amides is 1. The molecule has 1 aliphatic rings. The van der Waals surface area contributed by atoms with Gasteiger partial charge in [-0.25, -0.2) is 0 Å². The average Bonchev–Trinajstić information content (AvgIpc) is 2.28. The van der Waals surface area contributed by atoms with E-state index in [1.165, 1.54) is 0 Å². The summed E-state index contributed by atoms with van der Waals surface area (Å²) in [4.78, 5) is 13.4. The van der Waals surface area contributed by atoms with E-state index in [1.807, 2.05) is 0 Å². The summed E-state index contributed by atoms with van der Waals surface area (Å²) in [5, 5.41) is 2.87. The van der Waals surface area contributed by atoms with Crippen LogP contribution >= 0.6 is 0 Å². The predicted octanol–water partition coefficient (Wildman–Crippen LogP) is 0.607. The molecule has 1 saturated heterocycles. The zero-order chi connectivity index (χ0) is 8.97. The second-order valence-corrected chi connectivity index (χ2v) is 3.43. The molecule has 12 heavy (non-hydrogen) atoms. The van der Waals surface area contributed by atoms with Crippen molar-refractivity contribution in [1.82, 2.24) is 10.2 Å². The number of carbonyl (C=O) groups excluding carboxylic acids is 1. The molecule has 1 heterocycles. The SMILES string of the molecule is CCC(C)N1CCCNC(=O)C1. The first-order valence-corrected chi connectivity index (χ1v) is 4.74. The Bertz CT molecular complexity index is 159. The number of nitrogens with one attached hydrogen (secondary N) is 1. The first kappa shape index (κ1) is 9.52. The number of nitrogens with zero attached hydrogens (tertiary/aromatic N) is 1. The summed E-state index contributed by atoms with van der Waals surface area (Å²) < 4.78 is 0. The van der Waals surface area contributed by atoms with Crippen LogP contribution in [0.2, 0.25) is 0 Å². The van der Waals surface area contributed by atoms with Crippen molar-refractivity contribution >= 4 is 5.91 Å². The van der Waals surface area contributed by atoms with Gasteiger partial charge in [-0.05, 0) is 19.8 Å². The molecule has 1 aliphatic heterocycles. The average molecular weight is 170 g/mol. The van der Waals surface area contributed by atoms with E-state index < -0.39 is 0 Å². The molecule has 0 aromatic carbocycles. The minimum absolute atomic E-state index is 0.174. The second kappa shape index (κ2) is 4.45. The molecule has 0 saturated carbocycles. The van der Waals surface area contributed by atoms with Crippen LogP contribution in [0.15, 0.2) is 0 Å². The summed E-state index contributed by atoms with van der Waals surface area (Å²) in [5.41, 5.74) is 0. The van der Waals surface area contributed by atoms with Crippen molar-refractivity contribution < 1.29 is 4.79 Å². The van der Waals surface area contributed by atoms with Gasteiger partial charge in [0.1, 0.15) is 0 Å². The van der Waals surface area contributed by atoms with E-state index in [4.69, 9.17) is 0 Å². The molecule has 1 unspecified atom stereocenters. The van der Waals surface area contributed by atoms with Crippen LogP contribution in [-0.4, -0.2) is 36.5 Å². The molecule has 0 aromatic heterocycles. The molecule has 1 N–H and O–H groups in total. The summed E-state index contributed by atoms with van der Waals surface area (Å²) in [7, 11) is 0. The fourth-order valence-corrected chi connectivity index (χ4v) is 1.46. The van der Waals surface area contributed by atoms with Gasteiger partial charge in [-0.1, -0.05) is 6.92 Å². The maximum Gasteiger partial charge on any atom is 0.234 e. The molecule has 0 aliphatic carbocycles. The summed E-state index contributed by atoms with van der Waals surface area (Å²) >= 11 is 0. The quantitative estimate of drug-likeness (QED) is 0.658. The molecule has 1 amide bonds. The van der Waals surface area contributed by atoms with Crippen molar-refractivity contribution in [2.24, 2.45) is 0 Å². The van der Waals surface area contributed by atoms with E-state index in [1.54, 1.807) is 0 Å². The topological polar surface area (TPSA) is 32.3 Å². The number of hydrogen-bond acceptors (Lipinski definition) is 2. The number of rotatable bonds is 2. The molecule has 1 fully saturated rings. The number of hydrogen-bond donors (Lipinski definition) is 1. The molecule has 70 valence electrons. The molecule has 0 spiro atoms. The van der Waals surface area contributed by atoms with Gasteiger partial charge >= 0.3 is 0 Å². The standard InChI is InChI=1S/C9H18N2O/c1-3-8(2)11-6-4-5-10-9(12)7-11/h8H,3-7H2,1-2H3,(H,10,12). The van der Waals surface area contributed by atoms with Crippen LogP contribution in [-0.2, 0) is 4.79 Å². The van der Waals surface area contributed by atoms with E-state index in [2.05, 4.69) is 24.1 Å². The van der Waals surface area contributed by atoms with Crippen LogP contribution in [0.5, 0.6) is 0 Å². The molecule has 0 radical (unpaired) electrons. The van der Waals surface area contributed by atoms with Crippen LogP contribution in [0.25, 0.3) is 0 Å². The van der Waals surface area contributed by atoms with E-state index in [0.29, 0.717) is 12.6 Å². The van der Waals surface area contributed by atoms with E-state index in [9.17, 15) is 4.79 Å². The monoisotopic (exact) mass is 170 g/mol. The predicted molar refractivity (Wildman–Crippen MR) is 49.0 cm³/mol. The largest absolute Gasteiger partial charge is 0.355 e. The van der Waals surface area contributed by atoms with Gasteiger partial charge in [-0.2, -0.15) is 0 Å². The Morgan fingerprint density at radius 3 is 3.08 bits per heavy atom. The van der Waals surface area contributed by atoms with Gasteiger partial charge < -0.3 is 5.32 Å². The lowest BCUT2D eigenvalue weighted by molar-refractivity contribution is -0.121. The van der Waals surface area contributed by atoms with Gasteiger partial charge in [0.25, 0.3) is 0 Å². The molecule has 1 rings (SSSR count). The maximum absolute atomic E-state index is 11.2. The molecule has 1 atom stereocenters. The van der Waals surface area contributed by atoms with Crippen molar-refractivity contribution in [3.8, 4) is 0 Å². The van der Waals surface area contributed by atoms with E-state index in [0.717, 1.165) is 25.9 Å². The Labute approximate surface area is 74.1 Å². The first-order chi connectivity index (χ1) is 5.74. The Hall–Kier alpha value is -0.570. The highest BCUT2D eigenvalue weighted by Gasteiger charge is 2.17. The van der Waals surface area contributed by atoms with Crippen LogP contribution < -0.4 is 5.32 Å². The summed E-state index contributed by atoms with van der Waals surface area (Å²) in [5.74, 6) is 0.174. The minimum Gasteiger partial charge on any atom is -0.355 e. The molecular formula is C9H18N2O. The van der Waals surface area contributed by atoms with Crippen molar-refractivity contribution in [2.75, 3.05) is 19.6 Å². The molecule has 3 nitrogen and oxygen atoms in total. The molecular weight excluding hydrogens is 152 g/mol. The summed E-state index contributed by atoms with van der Waals surface area (Å²) in [6.07, 6.45) is 2.20. The highest BCUT2D eigenvalue weighted by molar-refractivity contribution is 5.78. The smallest absolute Gasteiger partial charge is 0.234 e. The minimum atomic E-state index is 0.174. The summed E-state index contributed by atoms with van der Waals surface area (Å²) in [6, 6.07) is 0.536.